The molecular formula is C7H17NO3S. The Labute approximate surface area is 74.1 Å². The Bertz CT molecular complexity index is 201. The molecule has 74 valence electrons. The fourth-order valence-electron chi connectivity index (χ4n) is 0.879. The standard InChI is InChI=1S/C7H17NO3S/c1-8(5-6-9)4-3-7-12(2,10)11/h9H,3-7H2,1-2H3. The number of aliphatic hydroxyl groups is 1. The maximum absolute atomic E-state index is 10.7. The molecule has 4 nitrogen and oxygen atoms in total. The van der Waals surface area contributed by atoms with Crippen molar-refractivity contribution in [2.75, 3.05) is 38.8 Å². The van der Waals surface area contributed by atoms with Gasteiger partial charge in [-0.15, -0.1) is 0 Å². The highest BCUT2D eigenvalue weighted by Gasteiger charge is 2.02. The highest BCUT2D eigenvalue weighted by molar-refractivity contribution is 7.90. The van der Waals surface area contributed by atoms with Crippen molar-refractivity contribution in [2.24, 2.45) is 0 Å². The number of sulfone groups is 1. The molecule has 0 aromatic rings. The third-order valence-corrected chi connectivity index (χ3v) is 2.57. The number of likely N-dealkylation sites (N-methyl/N-ethyl adjacent to an activating group) is 1. The first-order valence-corrected chi connectivity index (χ1v) is 5.99. The third kappa shape index (κ3) is 7.97. The van der Waals surface area contributed by atoms with E-state index in [2.05, 4.69) is 0 Å². The molecule has 0 spiro atoms. The van der Waals surface area contributed by atoms with Crippen LogP contribution < -0.4 is 0 Å². The quantitative estimate of drug-likeness (QED) is 0.611. The van der Waals surface area contributed by atoms with Crippen LogP contribution in [0.1, 0.15) is 6.42 Å². The van der Waals surface area contributed by atoms with Gasteiger partial charge in [0.25, 0.3) is 0 Å². The van der Waals surface area contributed by atoms with E-state index in [9.17, 15) is 8.42 Å². The lowest BCUT2D eigenvalue weighted by molar-refractivity contribution is 0.222. The largest absolute Gasteiger partial charge is 0.395 e. The van der Waals surface area contributed by atoms with Gasteiger partial charge in [-0.05, 0) is 20.0 Å². The topological polar surface area (TPSA) is 57.6 Å². The van der Waals surface area contributed by atoms with Gasteiger partial charge in [0, 0.05) is 12.8 Å². The summed E-state index contributed by atoms with van der Waals surface area (Å²) in [4.78, 5) is 1.91. The van der Waals surface area contributed by atoms with E-state index in [-0.39, 0.29) is 12.4 Å². The van der Waals surface area contributed by atoms with E-state index < -0.39 is 9.84 Å². The maximum atomic E-state index is 10.7. The Morgan fingerprint density at radius 1 is 1.33 bits per heavy atom. The molecule has 0 bridgehead atoms. The average molecular weight is 195 g/mol. The molecule has 0 aromatic carbocycles. The molecule has 0 heterocycles. The number of rotatable bonds is 6. The summed E-state index contributed by atoms with van der Waals surface area (Å²) in [6.07, 6.45) is 1.87. The van der Waals surface area contributed by atoms with Crippen molar-refractivity contribution in [2.45, 2.75) is 6.42 Å². The number of hydrogen-bond acceptors (Lipinski definition) is 4. The number of nitrogens with zero attached hydrogens (tertiary/aromatic N) is 1. The molecule has 0 atom stereocenters. The van der Waals surface area contributed by atoms with Crippen LogP contribution in [0.25, 0.3) is 0 Å². The van der Waals surface area contributed by atoms with Gasteiger partial charge in [0.2, 0.25) is 0 Å². The SMILES string of the molecule is CN(CCO)CCCS(C)(=O)=O. The zero-order chi connectivity index (χ0) is 9.61. The van der Waals surface area contributed by atoms with Crippen LogP contribution in [0.3, 0.4) is 0 Å². The highest BCUT2D eigenvalue weighted by atomic mass is 32.2. The Morgan fingerprint density at radius 2 is 1.92 bits per heavy atom. The summed E-state index contributed by atoms with van der Waals surface area (Å²) in [5.41, 5.74) is 0. The molecule has 0 saturated heterocycles. The normalized spacial score (nSPS) is 12.3. The predicted octanol–water partition coefficient (Wildman–Crippen LogP) is -0.655. The van der Waals surface area contributed by atoms with Crippen molar-refractivity contribution in [1.29, 1.82) is 0 Å². The Morgan fingerprint density at radius 3 is 2.33 bits per heavy atom. The molecule has 12 heavy (non-hydrogen) atoms. The van der Waals surface area contributed by atoms with Gasteiger partial charge in [0.1, 0.15) is 9.84 Å². The van der Waals surface area contributed by atoms with Crippen molar-refractivity contribution in [1.82, 2.24) is 4.90 Å². The fourth-order valence-corrected chi connectivity index (χ4v) is 1.53. The monoisotopic (exact) mass is 195 g/mol. The van der Waals surface area contributed by atoms with Crippen molar-refractivity contribution >= 4 is 9.84 Å². The van der Waals surface area contributed by atoms with Crippen molar-refractivity contribution < 1.29 is 13.5 Å². The first kappa shape index (κ1) is 11.9. The van der Waals surface area contributed by atoms with Crippen LogP contribution in [0.2, 0.25) is 0 Å². The zero-order valence-electron chi connectivity index (χ0n) is 7.65. The van der Waals surface area contributed by atoms with Crippen LogP contribution in [0.15, 0.2) is 0 Å². The van der Waals surface area contributed by atoms with Gasteiger partial charge in [0.05, 0.1) is 12.4 Å². The van der Waals surface area contributed by atoms with Crippen LogP contribution in [-0.4, -0.2) is 57.2 Å². The van der Waals surface area contributed by atoms with Crippen LogP contribution in [0.4, 0.5) is 0 Å². The molecule has 0 saturated carbocycles. The predicted molar refractivity (Wildman–Crippen MR) is 48.9 cm³/mol. The third-order valence-electron chi connectivity index (χ3n) is 1.54. The van der Waals surface area contributed by atoms with E-state index in [0.29, 0.717) is 19.5 Å². The number of hydrogen-bond donors (Lipinski definition) is 1. The second-order valence-electron chi connectivity index (χ2n) is 3.01. The molecule has 0 rings (SSSR count). The Balaban J connectivity index is 3.44. The Kier molecular flexibility index (Phi) is 5.44. The van der Waals surface area contributed by atoms with Crippen LogP contribution in [-0.2, 0) is 9.84 Å². The molecule has 5 heteroatoms. The van der Waals surface area contributed by atoms with Crippen LogP contribution in [0.5, 0.6) is 0 Å². The summed E-state index contributed by atoms with van der Waals surface area (Å²) in [7, 11) is -0.964. The van der Waals surface area contributed by atoms with Gasteiger partial charge in [-0.25, -0.2) is 8.42 Å². The minimum Gasteiger partial charge on any atom is -0.395 e. The van der Waals surface area contributed by atoms with E-state index in [1.54, 1.807) is 0 Å². The molecule has 0 radical (unpaired) electrons. The molecule has 0 aliphatic rings. The lowest BCUT2D eigenvalue weighted by Crippen LogP contribution is -2.24. The van der Waals surface area contributed by atoms with Gasteiger partial charge in [-0.2, -0.15) is 0 Å². The molecule has 0 aromatic heterocycles. The number of aliphatic hydroxyl groups excluding tert-OH is 1. The first-order valence-electron chi connectivity index (χ1n) is 3.93. The zero-order valence-corrected chi connectivity index (χ0v) is 8.47. The van der Waals surface area contributed by atoms with Crippen LogP contribution >= 0.6 is 0 Å². The molecular weight excluding hydrogens is 178 g/mol. The summed E-state index contributed by atoms with van der Waals surface area (Å²) in [6, 6.07) is 0. The summed E-state index contributed by atoms with van der Waals surface area (Å²) >= 11 is 0. The molecule has 0 amide bonds. The van der Waals surface area contributed by atoms with E-state index in [4.69, 9.17) is 5.11 Å². The first-order chi connectivity index (χ1) is 5.45. The summed E-state index contributed by atoms with van der Waals surface area (Å²) in [5, 5.41) is 8.54. The molecule has 0 fully saturated rings. The minimum absolute atomic E-state index is 0.120. The van der Waals surface area contributed by atoms with E-state index >= 15 is 0 Å². The van der Waals surface area contributed by atoms with Gasteiger partial charge >= 0.3 is 0 Å². The smallest absolute Gasteiger partial charge is 0.147 e. The van der Waals surface area contributed by atoms with E-state index in [1.807, 2.05) is 11.9 Å². The van der Waals surface area contributed by atoms with E-state index in [1.165, 1.54) is 6.26 Å². The molecule has 0 aliphatic heterocycles. The second-order valence-corrected chi connectivity index (χ2v) is 5.27. The van der Waals surface area contributed by atoms with Gasteiger partial charge in [-0.1, -0.05) is 0 Å². The van der Waals surface area contributed by atoms with Crippen molar-refractivity contribution in [3.05, 3.63) is 0 Å². The van der Waals surface area contributed by atoms with Gasteiger partial charge in [-0.3, -0.25) is 0 Å². The molecule has 0 aliphatic carbocycles. The van der Waals surface area contributed by atoms with Crippen LogP contribution in [0, 0.1) is 0 Å². The molecule has 0 unspecified atom stereocenters. The lowest BCUT2D eigenvalue weighted by Gasteiger charge is -2.13. The minimum atomic E-state index is -2.82. The van der Waals surface area contributed by atoms with Crippen molar-refractivity contribution in [3.63, 3.8) is 0 Å². The Hall–Kier alpha value is -0.130. The second kappa shape index (κ2) is 5.50. The average Bonchev–Trinajstić information content (AvgIpc) is 1.84. The lowest BCUT2D eigenvalue weighted by atomic mass is 10.4. The summed E-state index contributed by atoms with van der Waals surface area (Å²) in [5.74, 6) is 0.225. The fraction of sp³-hybridized carbons (Fsp3) is 1.00. The summed E-state index contributed by atoms with van der Waals surface area (Å²) < 4.78 is 21.4. The maximum Gasteiger partial charge on any atom is 0.147 e. The molecule has 1 N–H and O–H groups in total. The highest BCUT2D eigenvalue weighted by Crippen LogP contribution is 1.91. The van der Waals surface area contributed by atoms with Crippen molar-refractivity contribution in [3.8, 4) is 0 Å². The van der Waals surface area contributed by atoms with Gasteiger partial charge < -0.3 is 10.0 Å². The van der Waals surface area contributed by atoms with Gasteiger partial charge in [0.15, 0.2) is 0 Å². The van der Waals surface area contributed by atoms with E-state index in [0.717, 1.165) is 0 Å². The summed E-state index contributed by atoms with van der Waals surface area (Å²) in [6.45, 7) is 1.44.